The fourth-order valence-electron chi connectivity index (χ4n) is 3.03. The van der Waals surface area contributed by atoms with Gasteiger partial charge in [-0.3, -0.25) is 0 Å². The van der Waals surface area contributed by atoms with Crippen LogP contribution >= 0.6 is 23.1 Å². The molecule has 0 amide bonds. The second-order valence-electron chi connectivity index (χ2n) is 6.53. The van der Waals surface area contributed by atoms with Crippen LogP contribution in [0.2, 0.25) is 0 Å². The Bertz CT molecular complexity index is 1020. The van der Waals surface area contributed by atoms with Gasteiger partial charge in [0.05, 0.1) is 11.9 Å². The number of nitrogens with zero attached hydrogens (tertiary/aromatic N) is 4. The van der Waals surface area contributed by atoms with Gasteiger partial charge >= 0.3 is 0 Å². The molecule has 3 heterocycles. The van der Waals surface area contributed by atoms with Crippen molar-refractivity contribution in [3.05, 3.63) is 70.6 Å². The average Bonchev–Trinajstić information content (AvgIpc) is 3.11. The summed E-state index contributed by atoms with van der Waals surface area (Å²) in [5.41, 5.74) is 1.04. The molecule has 1 saturated carbocycles. The highest BCUT2D eigenvalue weighted by molar-refractivity contribution is 7.98. The van der Waals surface area contributed by atoms with E-state index in [1.54, 1.807) is 29.3 Å². The molecule has 0 unspecified atom stereocenters. The Balaban J connectivity index is 1.31. The molecule has 5 nitrogen and oxygen atoms in total. The van der Waals surface area contributed by atoms with E-state index in [0.717, 1.165) is 28.7 Å². The van der Waals surface area contributed by atoms with Gasteiger partial charge in [-0.05, 0) is 24.3 Å². The zero-order valence-electron chi connectivity index (χ0n) is 14.6. The number of oxazole rings is 1. The van der Waals surface area contributed by atoms with Gasteiger partial charge in [-0.25, -0.2) is 4.98 Å². The molecule has 0 aliphatic heterocycles. The first kappa shape index (κ1) is 16.8. The third-order valence-electron chi connectivity index (χ3n) is 4.50. The van der Waals surface area contributed by atoms with Crippen LogP contribution in [0.4, 0.5) is 0 Å². The SMILES string of the molecule is c1ccc(-c2cnc(CSc3nnc(Cc4cccs4)n3C3CC3)o2)cc1. The predicted octanol–water partition coefficient (Wildman–Crippen LogP) is 5.21. The van der Waals surface area contributed by atoms with Gasteiger partial charge < -0.3 is 8.98 Å². The molecule has 136 valence electrons. The maximum absolute atomic E-state index is 5.91. The van der Waals surface area contributed by atoms with Gasteiger partial charge in [0.25, 0.3) is 0 Å². The smallest absolute Gasteiger partial charge is 0.205 e. The molecule has 4 aromatic rings. The van der Waals surface area contributed by atoms with E-state index in [9.17, 15) is 0 Å². The van der Waals surface area contributed by atoms with Crippen LogP contribution in [0.15, 0.2) is 63.6 Å². The van der Waals surface area contributed by atoms with Crippen LogP contribution in [-0.4, -0.2) is 19.7 Å². The van der Waals surface area contributed by atoms with Crippen LogP contribution < -0.4 is 0 Å². The van der Waals surface area contributed by atoms with Gasteiger partial charge in [-0.15, -0.1) is 21.5 Å². The molecule has 1 aliphatic rings. The van der Waals surface area contributed by atoms with Crippen molar-refractivity contribution in [2.45, 2.75) is 36.2 Å². The highest BCUT2D eigenvalue weighted by Gasteiger charge is 2.29. The summed E-state index contributed by atoms with van der Waals surface area (Å²) in [6.45, 7) is 0. The van der Waals surface area contributed by atoms with Crippen LogP contribution in [-0.2, 0) is 12.2 Å². The summed E-state index contributed by atoms with van der Waals surface area (Å²) in [5, 5.41) is 12.0. The molecule has 0 atom stereocenters. The molecule has 0 bridgehead atoms. The van der Waals surface area contributed by atoms with Gasteiger partial charge in [-0.1, -0.05) is 48.2 Å². The van der Waals surface area contributed by atoms with Crippen LogP contribution in [0.5, 0.6) is 0 Å². The van der Waals surface area contributed by atoms with Crippen molar-refractivity contribution >= 4 is 23.1 Å². The molecule has 1 fully saturated rings. The van der Waals surface area contributed by atoms with E-state index in [2.05, 4.69) is 37.3 Å². The molecule has 0 saturated heterocycles. The first-order chi connectivity index (χ1) is 13.4. The fraction of sp³-hybridized carbons (Fsp3) is 0.250. The van der Waals surface area contributed by atoms with Gasteiger partial charge in [-0.2, -0.15) is 0 Å². The highest BCUT2D eigenvalue weighted by atomic mass is 32.2. The first-order valence-electron chi connectivity index (χ1n) is 8.96. The van der Waals surface area contributed by atoms with Crippen LogP contribution in [0, 0.1) is 0 Å². The normalized spacial score (nSPS) is 13.9. The molecule has 27 heavy (non-hydrogen) atoms. The van der Waals surface area contributed by atoms with Crippen molar-refractivity contribution in [2.24, 2.45) is 0 Å². The van der Waals surface area contributed by atoms with E-state index in [0.29, 0.717) is 17.7 Å². The van der Waals surface area contributed by atoms with Crippen LogP contribution in [0.25, 0.3) is 11.3 Å². The zero-order chi connectivity index (χ0) is 18.1. The first-order valence-corrected chi connectivity index (χ1v) is 10.8. The largest absolute Gasteiger partial charge is 0.440 e. The molecule has 1 aliphatic carbocycles. The quantitative estimate of drug-likeness (QED) is 0.403. The van der Waals surface area contributed by atoms with Crippen LogP contribution in [0.1, 0.15) is 35.5 Å². The molecule has 0 N–H and O–H groups in total. The van der Waals surface area contributed by atoms with E-state index in [-0.39, 0.29) is 0 Å². The lowest BCUT2D eigenvalue weighted by Gasteiger charge is -2.07. The Hall–Kier alpha value is -2.38. The topological polar surface area (TPSA) is 56.7 Å². The summed E-state index contributed by atoms with van der Waals surface area (Å²) >= 11 is 3.41. The predicted molar refractivity (Wildman–Crippen MR) is 107 cm³/mol. The van der Waals surface area contributed by atoms with Crippen molar-refractivity contribution in [1.82, 2.24) is 19.7 Å². The maximum atomic E-state index is 5.91. The summed E-state index contributed by atoms with van der Waals surface area (Å²) in [7, 11) is 0. The number of thioether (sulfide) groups is 1. The minimum absolute atomic E-state index is 0.543. The Labute approximate surface area is 165 Å². The average molecular weight is 395 g/mol. The molecule has 3 aromatic heterocycles. The molecular formula is C20H18N4OS2. The van der Waals surface area contributed by atoms with Crippen molar-refractivity contribution < 1.29 is 4.42 Å². The molecule has 1 aromatic carbocycles. The van der Waals surface area contributed by atoms with Gasteiger partial charge in [0.1, 0.15) is 5.82 Å². The molecule has 7 heteroatoms. The summed E-state index contributed by atoms with van der Waals surface area (Å²) in [6.07, 6.45) is 5.05. The third-order valence-corrected chi connectivity index (χ3v) is 6.30. The van der Waals surface area contributed by atoms with Crippen molar-refractivity contribution in [2.75, 3.05) is 0 Å². The Kier molecular flexibility index (Phi) is 4.55. The molecule has 5 rings (SSSR count). The Morgan fingerprint density at radius 2 is 2.00 bits per heavy atom. The second-order valence-corrected chi connectivity index (χ2v) is 8.50. The fourth-order valence-corrected chi connectivity index (χ4v) is 4.61. The third kappa shape index (κ3) is 3.70. The van der Waals surface area contributed by atoms with Crippen LogP contribution in [0.3, 0.4) is 0 Å². The lowest BCUT2D eigenvalue weighted by Crippen LogP contribution is -2.03. The monoisotopic (exact) mass is 394 g/mol. The van der Waals surface area contributed by atoms with E-state index in [1.165, 1.54) is 17.7 Å². The van der Waals surface area contributed by atoms with Crippen molar-refractivity contribution in [3.63, 3.8) is 0 Å². The minimum atomic E-state index is 0.543. The van der Waals surface area contributed by atoms with Gasteiger partial charge in [0.2, 0.25) is 5.89 Å². The van der Waals surface area contributed by atoms with Gasteiger partial charge in [0, 0.05) is 22.9 Å². The number of aromatic nitrogens is 4. The zero-order valence-corrected chi connectivity index (χ0v) is 16.2. The van der Waals surface area contributed by atoms with Crippen molar-refractivity contribution in [3.8, 4) is 11.3 Å². The van der Waals surface area contributed by atoms with E-state index in [1.807, 2.05) is 30.3 Å². The van der Waals surface area contributed by atoms with Crippen molar-refractivity contribution in [1.29, 1.82) is 0 Å². The molecule has 0 spiro atoms. The summed E-state index contributed by atoms with van der Waals surface area (Å²) in [5.74, 6) is 3.22. The minimum Gasteiger partial charge on any atom is -0.440 e. The summed E-state index contributed by atoms with van der Waals surface area (Å²) in [4.78, 5) is 5.74. The van der Waals surface area contributed by atoms with E-state index in [4.69, 9.17) is 4.42 Å². The number of hydrogen-bond donors (Lipinski definition) is 0. The van der Waals surface area contributed by atoms with E-state index < -0.39 is 0 Å². The standard InChI is InChI=1S/C20H18N4OS2/c1-2-5-14(6-3-1)17-12-21-19(25-17)13-27-20-23-22-18(24(20)15-8-9-15)11-16-7-4-10-26-16/h1-7,10,12,15H,8-9,11,13H2. The summed E-state index contributed by atoms with van der Waals surface area (Å²) in [6, 6.07) is 14.8. The highest BCUT2D eigenvalue weighted by Crippen LogP contribution is 2.39. The number of rotatable bonds is 7. The molecular weight excluding hydrogens is 376 g/mol. The molecule has 0 radical (unpaired) electrons. The number of hydrogen-bond acceptors (Lipinski definition) is 6. The lowest BCUT2D eigenvalue weighted by atomic mass is 10.2. The Morgan fingerprint density at radius 1 is 1.11 bits per heavy atom. The summed E-state index contributed by atoms with van der Waals surface area (Å²) < 4.78 is 8.22. The lowest BCUT2D eigenvalue weighted by molar-refractivity contribution is 0.529. The number of thiophene rings is 1. The Morgan fingerprint density at radius 3 is 2.78 bits per heavy atom. The van der Waals surface area contributed by atoms with Gasteiger partial charge in [0.15, 0.2) is 10.9 Å². The van der Waals surface area contributed by atoms with E-state index >= 15 is 0 Å². The number of benzene rings is 1. The second kappa shape index (κ2) is 7.32. The maximum Gasteiger partial charge on any atom is 0.205 e.